The molecule has 1 amide bonds. The SMILES string of the molecule is CC(C)Sc1ccc(CC(=O)Nc2cnn(C3CCOCC3)c2)cc1. The highest BCUT2D eigenvalue weighted by Gasteiger charge is 2.17. The molecular formula is C19H25N3O2S. The number of amides is 1. The molecule has 1 aromatic carbocycles. The van der Waals surface area contributed by atoms with Crippen LogP contribution in [0.5, 0.6) is 0 Å². The molecule has 1 fully saturated rings. The van der Waals surface area contributed by atoms with Gasteiger partial charge in [-0.1, -0.05) is 26.0 Å². The third-order valence-corrected chi connectivity index (χ3v) is 5.13. The molecule has 0 atom stereocenters. The summed E-state index contributed by atoms with van der Waals surface area (Å²) in [6.45, 7) is 5.90. The summed E-state index contributed by atoms with van der Waals surface area (Å²) in [4.78, 5) is 13.5. The van der Waals surface area contributed by atoms with Crippen molar-refractivity contribution in [2.45, 2.75) is 49.3 Å². The predicted molar refractivity (Wildman–Crippen MR) is 101 cm³/mol. The number of aromatic nitrogens is 2. The van der Waals surface area contributed by atoms with Crippen molar-refractivity contribution >= 4 is 23.4 Å². The van der Waals surface area contributed by atoms with Gasteiger partial charge in [0.05, 0.1) is 24.3 Å². The van der Waals surface area contributed by atoms with Crippen LogP contribution in [0.2, 0.25) is 0 Å². The molecule has 2 heterocycles. The summed E-state index contributed by atoms with van der Waals surface area (Å²) in [5, 5.41) is 7.88. The molecule has 0 aliphatic carbocycles. The molecule has 1 N–H and O–H groups in total. The Morgan fingerprint density at radius 3 is 2.72 bits per heavy atom. The van der Waals surface area contributed by atoms with Gasteiger partial charge >= 0.3 is 0 Å². The smallest absolute Gasteiger partial charge is 0.228 e. The topological polar surface area (TPSA) is 56.2 Å². The van der Waals surface area contributed by atoms with Crippen molar-refractivity contribution in [3.63, 3.8) is 0 Å². The molecule has 134 valence electrons. The second-order valence-electron chi connectivity index (χ2n) is 6.59. The minimum atomic E-state index is -0.0178. The zero-order valence-corrected chi connectivity index (χ0v) is 15.6. The molecule has 5 nitrogen and oxygen atoms in total. The second-order valence-corrected chi connectivity index (χ2v) is 8.24. The number of hydrogen-bond donors (Lipinski definition) is 1. The lowest BCUT2D eigenvalue weighted by Gasteiger charge is -2.22. The van der Waals surface area contributed by atoms with E-state index in [0.717, 1.165) is 37.3 Å². The number of hydrogen-bond acceptors (Lipinski definition) is 4. The average molecular weight is 359 g/mol. The predicted octanol–water partition coefficient (Wildman–Crippen LogP) is 3.92. The highest BCUT2D eigenvalue weighted by molar-refractivity contribution is 7.99. The Morgan fingerprint density at radius 1 is 1.32 bits per heavy atom. The number of benzene rings is 1. The summed E-state index contributed by atoms with van der Waals surface area (Å²) in [5.41, 5.74) is 1.77. The Labute approximate surface area is 153 Å². The molecule has 1 saturated heterocycles. The number of nitrogens with one attached hydrogen (secondary N) is 1. The van der Waals surface area contributed by atoms with E-state index in [0.29, 0.717) is 17.7 Å². The van der Waals surface area contributed by atoms with Gasteiger partial charge in [0.1, 0.15) is 0 Å². The summed E-state index contributed by atoms with van der Waals surface area (Å²) in [6, 6.07) is 8.57. The van der Waals surface area contributed by atoms with Gasteiger partial charge in [0.2, 0.25) is 5.91 Å². The van der Waals surface area contributed by atoms with E-state index in [4.69, 9.17) is 4.74 Å². The maximum atomic E-state index is 12.3. The van der Waals surface area contributed by atoms with Crippen LogP contribution in [-0.2, 0) is 16.0 Å². The van der Waals surface area contributed by atoms with Gasteiger partial charge in [-0.3, -0.25) is 9.48 Å². The molecule has 0 spiro atoms. The fourth-order valence-corrected chi connectivity index (χ4v) is 3.74. The number of carbonyl (C=O) groups excluding carboxylic acids is 1. The summed E-state index contributed by atoms with van der Waals surface area (Å²) >= 11 is 1.82. The zero-order valence-electron chi connectivity index (χ0n) is 14.8. The number of nitrogens with zero attached hydrogens (tertiary/aromatic N) is 2. The van der Waals surface area contributed by atoms with Crippen molar-refractivity contribution in [1.82, 2.24) is 9.78 Å². The lowest BCUT2D eigenvalue weighted by molar-refractivity contribution is -0.115. The maximum Gasteiger partial charge on any atom is 0.228 e. The lowest BCUT2D eigenvalue weighted by atomic mass is 10.1. The molecule has 1 aliphatic heterocycles. The van der Waals surface area contributed by atoms with Crippen LogP contribution in [0.25, 0.3) is 0 Å². The second kappa shape index (κ2) is 8.54. The molecular weight excluding hydrogens is 334 g/mol. The first-order valence-electron chi connectivity index (χ1n) is 8.77. The van der Waals surface area contributed by atoms with Crippen LogP contribution >= 0.6 is 11.8 Å². The van der Waals surface area contributed by atoms with E-state index in [1.165, 1.54) is 4.90 Å². The van der Waals surface area contributed by atoms with Crippen LogP contribution in [0, 0.1) is 0 Å². The molecule has 0 saturated carbocycles. The Kier molecular flexibility index (Phi) is 6.15. The molecule has 1 aliphatic rings. The quantitative estimate of drug-likeness (QED) is 0.795. The van der Waals surface area contributed by atoms with Crippen molar-refractivity contribution in [3.8, 4) is 0 Å². The average Bonchev–Trinajstić information content (AvgIpc) is 3.05. The van der Waals surface area contributed by atoms with Gasteiger partial charge in [-0.05, 0) is 30.5 Å². The van der Waals surface area contributed by atoms with Gasteiger partial charge in [-0.2, -0.15) is 5.10 Å². The highest BCUT2D eigenvalue weighted by Crippen LogP contribution is 2.23. The molecule has 0 unspecified atom stereocenters. The Bertz CT molecular complexity index is 691. The first-order chi connectivity index (χ1) is 12.1. The molecule has 2 aromatic rings. The minimum Gasteiger partial charge on any atom is -0.381 e. The molecule has 6 heteroatoms. The maximum absolute atomic E-state index is 12.3. The number of rotatable bonds is 6. The summed E-state index contributed by atoms with van der Waals surface area (Å²) < 4.78 is 7.32. The van der Waals surface area contributed by atoms with Gasteiger partial charge in [-0.15, -0.1) is 11.8 Å². The number of ether oxygens (including phenoxy) is 1. The van der Waals surface area contributed by atoms with Crippen LogP contribution in [0.1, 0.15) is 38.3 Å². The third kappa shape index (κ3) is 5.34. The lowest BCUT2D eigenvalue weighted by Crippen LogP contribution is -2.20. The Balaban J connectivity index is 1.53. The standard InChI is InChI=1S/C19H25N3O2S/c1-14(2)25-18-5-3-15(4-6-18)11-19(23)21-16-12-20-22(13-16)17-7-9-24-10-8-17/h3-6,12-14,17H,7-11H2,1-2H3,(H,21,23). The highest BCUT2D eigenvalue weighted by atomic mass is 32.2. The fourth-order valence-electron chi connectivity index (χ4n) is 2.90. The third-order valence-electron chi connectivity index (χ3n) is 4.11. The first kappa shape index (κ1) is 18.0. The van der Waals surface area contributed by atoms with Crippen LogP contribution < -0.4 is 5.32 Å². The molecule has 1 aromatic heterocycles. The summed E-state index contributed by atoms with van der Waals surface area (Å²) in [5.74, 6) is -0.0178. The van der Waals surface area contributed by atoms with Crippen molar-refractivity contribution in [1.29, 1.82) is 0 Å². The Hall–Kier alpha value is -1.79. The van der Waals surface area contributed by atoms with E-state index < -0.39 is 0 Å². The van der Waals surface area contributed by atoms with E-state index in [2.05, 4.69) is 36.4 Å². The van der Waals surface area contributed by atoms with Crippen molar-refractivity contribution in [2.75, 3.05) is 18.5 Å². The summed E-state index contributed by atoms with van der Waals surface area (Å²) in [7, 11) is 0. The van der Waals surface area contributed by atoms with Gasteiger partial charge in [0, 0.05) is 29.6 Å². The van der Waals surface area contributed by atoms with Gasteiger partial charge in [-0.25, -0.2) is 0 Å². The normalized spacial score (nSPS) is 15.5. The van der Waals surface area contributed by atoms with E-state index in [1.807, 2.05) is 34.8 Å². The number of carbonyl (C=O) groups is 1. The monoisotopic (exact) mass is 359 g/mol. The van der Waals surface area contributed by atoms with Gasteiger partial charge in [0.15, 0.2) is 0 Å². The van der Waals surface area contributed by atoms with Crippen LogP contribution in [-0.4, -0.2) is 34.2 Å². The Morgan fingerprint density at radius 2 is 2.04 bits per heavy atom. The summed E-state index contributed by atoms with van der Waals surface area (Å²) in [6.07, 6.45) is 5.94. The van der Waals surface area contributed by atoms with Crippen LogP contribution in [0.15, 0.2) is 41.6 Å². The minimum absolute atomic E-state index is 0.0178. The van der Waals surface area contributed by atoms with Gasteiger partial charge < -0.3 is 10.1 Å². The van der Waals surface area contributed by atoms with Gasteiger partial charge in [0.25, 0.3) is 0 Å². The molecule has 3 rings (SSSR count). The number of anilines is 1. The first-order valence-corrected chi connectivity index (χ1v) is 9.65. The fraction of sp³-hybridized carbons (Fsp3) is 0.474. The molecule has 25 heavy (non-hydrogen) atoms. The van der Waals surface area contributed by atoms with E-state index in [-0.39, 0.29) is 5.91 Å². The van der Waals surface area contributed by atoms with Crippen molar-refractivity contribution in [3.05, 3.63) is 42.2 Å². The number of thioether (sulfide) groups is 1. The van der Waals surface area contributed by atoms with Crippen LogP contribution in [0.4, 0.5) is 5.69 Å². The largest absolute Gasteiger partial charge is 0.381 e. The zero-order chi connectivity index (χ0) is 17.6. The van der Waals surface area contributed by atoms with E-state index >= 15 is 0 Å². The molecule has 0 bridgehead atoms. The molecule has 0 radical (unpaired) electrons. The van der Waals surface area contributed by atoms with E-state index in [9.17, 15) is 4.79 Å². The van der Waals surface area contributed by atoms with E-state index in [1.54, 1.807) is 6.20 Å². The van der Waals surface area contributed by atoms with Crippen molar-refractivity contribution in [2.24, 2.45) is 0 Å². The van der Waals surface area contributed by atoms with Crippen LogP contribution in [0.3, 0.4) is 0 Å². The van der Waals surface area contributed by atoms with Crippen molar-refractivity contribution < 1.29 is 9.53 Å².